The van der Waals surface area contributed by atoms with E-state index in [1.165, 1.54) is 0 Å². The summed E-state index contributed by atoms with van der Waals surface area (Å²) in [6, 6.07) is 9.33. The summed E-state index contributed by atoms with van der Waals surface area (Å²) in [6.45, 7) is 3.17. The van der Waals surface area contributed by atoms with Crippen LogP contribution in [0, 0.1) is 4.77 Å². The molecule has 1 aromatic heterocycles. The molecule has 130 valence electrons. The highest BCUT2D eigenvalue weighted by atomic mass is 32.2. The monoisotopic (exact) mass is 366 g/mol. The van der Waals surface area contributed by atoms with E-state index in [0.29, 0.717) is 32.8 Å². The van der Waals surface area contributed by atoms with E-state index in [2.05, 4.69) is 4.90 Å². The molecule has 2 heterocycles. The summed E-state index contributed by atoms with van der Waals surface area (Å²) < 4.78 is 31.4. The Hall–Kier alpha value is -1.48. The molecule has 1 aliphatic heterocycles. The zero-order chi connectivity index (χ0) is 17.2. The van der Waals surface area contributed by atoms with Crippen molar-refractivity contribution in [1.82, 2.24) is 18.3 Å². The normalized spacial score (nSPS) is 17.2. The Kier molecular flexibility index (Phi) is 5.19. The average molecular weight is 367 g/mol. The van der Waals surface area contributed by atoms with Crippen LogP contribution in [0.25, 0.3) is 0 Å². The van der Waals surface area contributed by atoms with E-state index in [1.807, 2.05) is 58.9 Å². The molecule has 0 spiro atoms. The highest BCUT2D eigenvalue weighted by Crippen LogP contribution is 2.14. The molecule has 0 unspecified atom stereocenters. The van der Waals surface area contributed by atoms with Gasteiger partial charge in [0.2, 0.25) is 10.0 Å². The predicted octanol–water partition coefficient (Wildman–Crippen LogP) is 1.66. The molecule has 0 bridgehead atoms. The second-order valence-corrected chi connectivity index (χ2v) is 8.40. The van der Waals surface area contributed by atoms with Crippen LogP contribution in [0.5, 0.6) is 0 Å². The van der Waals surface area contributed by atoms with Gasteiger partial charge in [0.25, 0.3) is 0 Å². The number of imidazole rings is 1. The maximum absolute atomic E-state index is 12.6. The third-order valence-corrected chi connectivity index (χ3v) is 6.66. The lowest BCUT2D eigenvalue weighted by molar-refractivity contribution is 0.151. The summed E-state index contributed by atoms with van der Waals surface area (Å²) in [6.07, 6.45) is 3.89. The number of hydrogen-bond acceptors (Lipinski definition) is 4. The molecular weight excluding hydrogens is 344 g/mol. The number of piperazine rings is 1. The Bertz CT molecular complexity index is 834. The van der Waals surface area contributed by atoms with E-state index in [0.717, 1.165) is 10.3 Å². The van der Waals surface area contributed by atoms with Gasteiger partial charge in [-0.15, -0.1) is 0 Å². The number of rotatable bonds is 5. The molecular formula is C16H22N4O2S2. The average Bonchev–Trinajstić information content (AvgIpc) is 2.88. The van der Waals surface area contributed by atoms with Crippen molar-refractivity contribution in [3.8, 4) is 0 Å². The second kappa shape index (κ2) is 7.18. The van der Waals surface area contributed by atoms with Gasteiger partial charge in [-0.05, 0) is 17.8 Å². The minimum Gasteiger partial charge on any atom is -0.327 e. The molecule has 1 saturated heterocycles. The Balaban J connectivity index is 1.58. The molecule has 1 aliphatic rings. The van der Waals surface area contributed by atoms with E-state index in [4.69, 9.17) is 12.2 Å². The van der Waals surface area contributed by atoms with Gasteiger partial charge < -0.3 is 9.13 Å². The van der Waals surface area contributed by atoms with Crippen molar-refractivity contribution in [2.45, 2.75) is 12.4 Å². The van der Waals surface area contributed by atoms with Gasteiger partial charge in [-0.2, -0.15) is 4.31 Å². The van der Waals surface area contributed by atoms with E-state index in [1.54, 1.807) is 4.31 Å². The lowest BCUT2D eigenvalue weighted by Gasteiger charge is -2.34. The molecule has 0 atom stereocenters. The summed E-state index contributed by atoms with van der Waals surface area (Å²) in [7, 11) is -1.34. The molecule has 0 radical (unpaired) electrons. The molecule has 1 aromatic carbocycles. The van der Waals surface area contributed by atoms with E-state index < -0.39 is 10.0 Å². The van der Waals surface area contributed by atoms with Crippen molar-refractivity contribution in [1.29, 1.82) is 0 Å². The van der Waals surface area contributed by atoms with Crippen molar-refractivity contribution < 1.29 is 8.42 Å². The van der Waals surface area contributed by atoms with Crippen LogP contribution in [0.3, 0.4) is 0 Å². The van der Waals surface area contributed by atoms with Crippen LogP contribution in [0.2, 0.25) is 0 Å². The molecule has 0 amide bonds. The Morgan fingerprint density at radius 2 is 1.71 bits per heavy atom. The van der Waals surface area contributed by atoms with Crippen molar-refractivity contribution >= 4 is 22.2 Å². The SMILES string of the molecule is Cn1ccn(CN2CCN(S(=O)(=O)Cc3ccccc3)CC2)c1=S. The van der Waals surface area contributed by atoms with Crippen LogP contribution in [-0.4, -0.2) is 52.9 Å². The molecule has 8 heteroatoms. The zero-order valence-corrected chi connectivity index (χ0v) is 15.3. The van der Waals surface area contributed by atoms with Gasteiger partial charge in [0.1, 0.15) is 0 Å². The topological polar surface area (TPSA) is 50.5 Å². The fourth-order valence-electron chi connectivity index (χ4n) is 2.86. The van der Waals surface area contributed by atoms with Gasteiger partial charge in [0.15, 0.2) is 4.77 Å². The van der Waals surface area contributed by atoms with E-state index >= 15 is 0 Å². The van der Waals surface area contributed by atoms with Gasteiger partial charge in [0, 0.05) is 45.6 Å². The number of aromatic nitrogens is 2. The standard InChI is InChI=1S/C16H22N4O2S2/c1-17-7-10-19(16(17)23)14-18-8-11-20(12-9-18)24(21,22)13-15-5-3-2-4-6-15/h2-7,10H,8-9,11-14H2,1H3. The van der Waals surface area contributed by atoms with Crippen LogP contribution in [0.4, 0.5) is 0 Å². The molecule has 0 N–H and O–H groups in total. The highest BCUT2D eigenvalue weighted by Gasteiger charge is 2.27. The van der Waals surface area contributed by atoms with Gasteiger partial charge in [-0.1, -0.05) is 30.3 Å². The number of nitrogens with zero attached hydrogens (tertiary/aromatic N) is 4. The van der Waals surface area contributed by atoms with Gasteiger partial charge in [-0.25, -0.2) is 8.42 Å². The summed E-state index contributed by atoms with van der Waals surface area (Å²) in [5.41, 5.74) is 0.829. The summed E-state index contributed by atoms with van der Waals surface area (Å²) in [5, 5.41) is 0. The number of benzene rings is 1. The maximum Gasteiger partial charge on any atom is 0.218 e. The molecule has 6 nitrogen and oxygen atoms in total. The third-order valence-electron chi connectivity index (χ3n) is 4.29. The largest absolute Gasteiger partial charge is 0.327 e. The number of sulfonamides is 1. The summed E-state index contributed by atoms with van der Waals surface area (Å²) in [4.78, 5) is 2.23. The second-order valence-electron chi connectivity index (χ2n) is 6.06. The van der Waals surface area contributed by atoms with E-state index in [9.17, 15) is 8.42 Å². The van der Waals surface area contributed by atoms with Gasteiger partial charge in [0.05, 0.1) is 12.4 Å². The molecule has 24 heavy (non-hydrogen) atoms. The molecule has 0 aliphatic carbocycles. The van der Waals surface area contributed by atoms with E-state index in [-0.39, 0.29) is 5.75 Å². The summed E-state index contributed by atoms with van der Waals surface area (Å²) >= 11 is 5.34. The van der Waals surface area contributed by atoms with Crippen LogP contribution in [-0.2, 0) is 29.5 Å². The Morgan fingerprint density at radius 3 is 2.29 bits per heavy atom. The third kappa shape index (κ3) is 3.94. The first-order chi connectivity index (χ1) is 11.5. The fourth-order valence-corrected chi connectivity index (χ4v) is 4.55. The molecule has 1 fully saturated rings. The smallest absolute Gasteiger partial charge is 0.218 e. The van der Waals surface area contributed by atoms with Crippen molar-refractivity contribution in [3.63, 3.8) is 0 Å². The van der Waals surface area contributed by atoms with Crippen LogP contribution >= 0.6 is 12.2 Å². The van der Waals surface area contributed by atoms with Crippen LogP contribution in [0.15, 0.2) is 42.7 Å². The minimum absolute atomic E-state index is 0.0670. The first-order valence-corrected chi connectivity index (χ1v) is 9.93. The predicted molar refractivity (Wildman–Crippen MR) is 96.4 cm³/mol. The van der Waals surface area contributed by atoms with Crippen molar-refractivity contribution in [3.05, 3.63) is 53.1 Å². The highest BCUT2D eigenvalue weighted by molar-refractivity contribution is 7.88. The van der Waals surface area contributed by atoms with Crippen LogP contribution in [0.1, 0.15) is 5.56 Å². The minimum atomic E-state index is -3.26. The molecule has 2 aromatic rings. The van der Waals surface area contributed by atoms with Crippen molar-refractivity contribution in [2.75, 3.05) is 26.2 Å². The Morgan fingerprint density at radius 1 is 1.04 bits per heavy atom. The maximum atomic E-state index is 12.6. The quantitative estimate of drug-likeness (QED) is 0.755. The lowest BCUT2D eigenvalue weighted by atomic mass is 10.2. The van der Waals surface area contributed by atoms with Gasteiger partial charge in [-0.3, -0.25) is 4.90 Å². The molecule has 0 saturated carbocycles. The first-order valence-electron chi connectivity index (χ1n) is 7.91. The first kappa shape index (κ1) is 17.3. The lowest BCUT2D eigenvalue weighted by Crippen LogP contribution is -2.49. The van der Waals surface area contributed by atoms with Crippen molar-refractivity contribution in [2.24, 2.45) is 7.05 Å². The Labute approximate surface area is 148 Å². The van der Waals surface area contributed by atoms with Crippen LogP contribution < -0.4 is 0 Å². The number of hydrogen-bond donors (Lipinski definition) is 0. The zero-order valence-electron chi connectivity index (χ0n) is 13.7. The van der Waals surface area contributed by atoms with Gasteiger partial charge >= 0.3 is 0 Å². The number of aryl methyl sites for hydroxylation is 1. The fraction of sp³-hybridized carbons (Fsp3) is 0.438. The molecule has 3 rings (SSSR count). The summed E-state index contributed by atoms with van der Waals surface area (Å²) in [5.74, 6) is 0.0670.